The quantitative estimate of drug-likeness (QED) is 0.556. The van der Waals surface area contributed by atoms with Crippen molar-refractivity contribution in [1.29, 1.82) is 0 Å². The van der Waals surface area contributed by atoms with Crippen molar-refractivity contribution in [2.75, 3.05) is 11.1 Å². The van der Waals surface area contributed by atoms with E-state index in [2.05, 4.69) is 5.32 Å². The van der Waals surface area contributed by atoms with Crippen molar-refractivity contribution in [2.45, 2.75) is 24.3 Å². The summed E-state index contributed by atoms with van der Waals surface area (Å²) in [6.45, 7) is 1.36. The number of sulfone groups is 1. The van der Waals surface area contributed by atoms with Gasteiger partial charge < -0.3 is 10.1 Å². The van der Waals surface area contributed by atoms with Crippen LogP contribution < -0.4 is 5.32 Å². The Bertz CT molecular complexity index is 931. The van der Waals surface area contributed by atoms with Crippen LogP contribution in [0.25, 0.3) is 0 Å². The zero-order chi connectivity index (χ0) is 20.0. The van der Waals surface area contributed by atoms with Crippen LogP contribution in [-0.4, -0.2) is 32.2 Å². The molecule has 0 aromatic heterocycles. The first-order valence-corrected chi connectivity index (χ1v) is 9.95. The van der Waals surface area contributed by atoms with Crippen molar-refractivity contribution >= 4 is 39.0 Å². The highest BCUT2D eigenvalue weighted by atomic mass is 35.5. The molecule has 0 fully saturated rings. The molecule has 0 radical (unpaired) electrons. The van der Waals surface area contributed by atoms with Crippen LogP contribution in [0.5, 0.6) is 0 Å². The Balaban J connectivity index is 1.88. The third-order valence-electron chi connectivity index (χ3n) is 3.56. The topological polar surface area (TPSA) is 89.5 Å². The van der Waals surface area contributed by atoms with Gasteiger partial charge in [0.2, 0.25) is 0 Å². The van der Waals surface area contributed by atoms with Gasteiger partial charge in [0, 0.05) is 0 Å². The third-order valence-corrected chi connectivity index (χ3v) is 5.62. The standard InChI is InChI=1S/C18H17ClFNO5S/c1-12(18(23)21-16-5-3-2-4-15(16)19)26-17(22)10-11-27(24,25)14-8-6-13(20)7-9-14/h2-9,12H,10-11H2,1H3,(H,21,23)/t12-/m1/s1. The Labute approximate surface area is 161 Å². The summed E-state index contributed by atoms with van der Waals surface area (Å²) < 4.78 is 42.1. The molecular formula is C18H17ClFNO5S. The number of amides is 1. The second-order valence-corrected chi connectivity index (χ2v) is 8.14. The zero-order valence-electron chi connectivity index (χ0n) is 14.3. The lowest BCUT2D eigenvalue weighted by atomic mass is 10.3. The summed E-state index contributed by atoms with van der Waals surface area (Å²) in [6.07, 6.45) is -1.58. The van der Waals surface area contributed by atoms with E-state index in [4.69, 9.17) is 16.3 Å². The minimum atomic E-state index is -3.77. The molecule has 0 spiro atoms. The summed E-state index contributed by atoms with van der Waals surface area (Å²) in [5, 5.41) is 2.85. The van der Waals surface area contributed by atoms with Gasteiger partial charge >= 0.3 is 5.97 Å². The van der Waals surface area contributed by atoms with Crippen LogP contribution in [0.1, 0.15) is 13.3 Å². The fourth-order valence-electron chi connectivity index (χ4n) is 2.08. The van der Waals surface area contributed by atoms with Crippen LogP contribution in [0.15, 0.2) is 53.4 Å². The normalized spacial score (nSPS) is 12.3. The van der Waals surface area contributed by atoms with Crippen LogP contribution in [0.2, 0.25) is 5.02 Å². The van der Waals surface area contributed by atoms with Crippen molar-refractivity contribution in [3.63, 3.8) is 0 Å². The molecule has 1 amide bonds. The fourth-order valence-corrected chi connectivity index (χ4v) is 3.49. The molecule has 2 aromatic rings. The van der Waals surface area contributed by atoms with Crippen LogP contribution in [0.4, 0.5) is 10.1 Å². The number of hydrogen-bond acceptors (Lipinski definition) is 5. The van der Waals surface area contributed by atoms with Crippen LogP contribution in [0.3, 0.4) is 0 Å². The van der Waals surface area contributed by atoms with Crippen molar-refractivity contribution < 1.29 is 27.1 Å². The molecule has 27 heavy (non-hydrogen) atoms. The molecule has 1 atom stereocenters. The first-order valence-electron chi connectivity index (χ1n) is 7.92. The molecule has 0 saturated heterocycles. The lowest BCUT2D eigenvalue weighted by Gasteiger charge is -2.14. The number of benzene rings is 2. The number of rotatable bonds is 7. The highest BCUT2D eigenvalue weighted by molar-refractivity contribution is 7.91. The van der Waals surface area contributed by atoms with Crippen LogP contribution in [-0.2, 0) is 24.2 Å². The lowest BCUT2D eigenvalue weighted by Crippen LogP contribution is -2.30. The maximum absolute atomic E-state index is 12.9. The highest BCUT2D eigenvalue weighted by Crippen LogP contribution is 2.20. The van der Waals surface area contributed by atoms with Crippen LogP contribution >= 0.6 is 11.6 Å². The average Bonchev–Trinajstić information content (AvgIpc) is 2.62. The van der Waals surface area contributed by atoms with Gasteiger partial charge in [0.05, 0.1) is 27.8 Å². The monoisotopic (exact) mass is 413 g/mol. The Morgan fingerprint density at radius 2 is 1.78 bits per heavy atom. The number of ether oxygens (including phenoxy) is 1. The molecule has 0 bridgehead atoms. The van der Waals surface area contributed by atoms with Gasteiger partial charge in [-0.15, -0.1) is 0 Å². The molecule has 144 valence electrons. The van der Waals surface area contributed by atoms with E-state index in [-0.39, 0.29) is 4.90 Å². The largest absolute Gasteiger partial charge is 0.453 e. The average molecular weight is 414 g/mol. The van der Waals surface area contributed by atoms with Gasteiger partial charge in [0.15, 0.2) is 15.9 Å². The minimum Gasteiger partial charge on any atom is -0.453 e. The Kier molecular flexibility index (Phi) is 6.92. The first kappa shape index (κ1) is 20.9. The van der Waals surface area contributed by atoms with Gasteiger partial charge in [0.25, 0.3) is 5.91 Å². The molecule has 0 heterocycles. The van der Waals surface area contributed by atoms with Gasteiger partial charge in [-0.3, -0.25) is 9.59 Å². The first-order chi connectivity index (χ1) is 12.7. The van der Waals surface area contributed by atoms with Crippen molar-refractivity contribution in [2.24, 2.45) is 0 Å². The lowest BCUT2D eigenvalue weighted by molar-refractivity contribution is -0.152. The molecule has 2 aromatic carbocycles. The number of carbonyl (C=O) groups excluding carboxylic acids is 2. The maximum atomic E-state index is 12.9. The Morgan fingerprint density at radius 3 is 2.41 bits per heavy atom. The number of nitrogens with one attached hydrogen (secondary N) is 1. The number of anilines is 1. The Morgan fingerprint density at radius 1 is 1.15 bits per heavy atom. The van der Waals surface area contributed by atoms with E-state index in [0.717, 1.165) is 24.3 Å². The third kappa shape index (κ3) is 6.04. The molecule has 0 saturated carbocycles. The van der Waals surface area contributed by atoms with Gasteiger partial charge in [0.1, 0.15) is 5.82 Å². The fraction of sp³-hybridized carbons (Fsp3) is 0.222. The molecule has 9 heteroatoms. The van der Waals surface area contributed by atoms with E-state index >= 15 is 0 Å². The summed E-state index contributed by atoms with van der Waals surface area (Å²) in [5.41, 5.74) is 0.367. The van der Waals surface area contributed by atoms with E-state index in [0.29, 0.717) is 10.7 Å². The summed E-state index contributed by atoms with van der Waals surface area (Å²) in [4.78, 5) is 23.8. The van der Waals surface area contributed by atoms with Crippen molar-refractivity contribution in [3.05, 3.63) is 59.4 Å². The van der Waals surface area contributed by atoms with E-state index in [1.54, 1.807) is 24.3 Å². The van der Waals surface area contributed by atoms with Gasteiger partial charge in [-0.05, 0) is 43.3 Å². The van der Waals surface area contributed by atoms with E-state index in [1.807, 2.05) is 0 Å². The smallest absolute Gasteiger partial charge is 0.307 e. The minimum absolute atomic E-state index is 0.0961. The molecule has 2 rings (SSSR count). The van der Waals surface area contributed by atoms with Gasteiger partial charge in [-0.2, -0.15) is 0 Å². The maximum Gasteiger partial charge on any atom is 0.307 e. The number of halogens is 2. The van der Waals surface area contributed by atoms with Crippen molar-refractivity contribution in [3.8, 4) is 0 Å². The van der Waals surface area contributed by atoms with E-state index < -0.39 is 45.8 Å². The number of esters is 1. The SMILES string of the molecule is C[C@@H](OC(=O)CCS(=O)(=O)c1ccc(F)cc1)C(=O)Nc1ccccc1Cl. The summed E-state index contributed by atoms with van der Waals surface area (Å²) in [6, 6.07) is 10.8. The molecule has 0 aliphatic heterocycles. The summed E-state index contributed by atoms with van der Waals surface area (Å²) in [5.74, 6) is -2.52. The molecule has 6 nitrogen and oxygen atoms in total. The highest BCUT2D eigenvalue weighted by Gasteiger charge is 2.21. The molecule has 0 aliphatic carbocycles. The molecule has 1 N–H and O–H groups in total. The molecule has 0 unspecified atom stereocenters. The van der Waals surface area contributed by atoms with Gasteiger partial charge in [-0.1, -0.05) is 23.7 Å². The number of hydrogen-bond donors (Lipinski definition) is 1. The Hall–Kier alpha value is -2.45. The molecular weight excluding hydrogens is 397 g/mol. The summed E-state index contributed by atoms with van der Waals surface area (Å²) >= 11 is 5.93. The second-order valence-electron chi connectivity index (χ2n) is 5.62. The van der Waals surface area contributed by atoms with Crippen molar-refractivity contribution in [1.82, 2.24) is 0 Å². The predicted molar refractivity (Wildman–Crippen MR) is 98.7 cm³/mol. The molecule has 0 aliphatic rings. The van der Waals surface area contributed by atoms with Crippen LogP contribution in [0, 0.1) is 5.82 Å². The number of carbonyl (C=O) groups is 2. The number of para-hydroxylation sites is 1. The van der Waals surface area contributed by atoms with E-state index in [1.165, 1.54) is 6.92 Å². The predicted octanol–water partition coefficient (Wildman–Crippen LogP) is 3.21. The summed E-state index contributed by atoms with van der Waals surface area (Å²) in [7, 11) is -3.77. The van der Waals surface area contributed by atoms with E-state index in [9.17, 15) is 22.4 Å². The second kappa shape index (κ2) is 8.96. The zero-order valence-corrected chi connectivity index (χ0v) is 15.9. The van der Waals surface area contributed by atoms with Gasteiger partial charge in [-0.25, -0.2) is 12.8 Å².